The van der Waals surface area contributed by atoms with Crippen LogP contribution in [0.3, 0.4) is 0 Å². The lowest BCUT2D eigenvalue weighted by Gasteiger charge is -2.12. The first-order valence-electron chi connectivity index (χ1n) is 6.06. The molecule has 1 aromatic carbocycles. The highest BCUT2D eigenvalue weighted by molar-refractivity contribution is 5.47. The summed E-state index contributed by atoms with van der Waals surface area (Å²) in [5.74, 6) is 0.953. The first-order valence-corrected chi connectivity index (χ1v) is 6.06. The molecule has 2 rings (SSSR count). The van der Waals surface area contributed by atoms with Gasteiger partial charge in [-0.25, -0.2) is 0 Å². The molecule has 1 heterocycles. The molecule has 1 aromatic heterocycles. The normalized spacial score (nSPS) is 10.4. The number of anilines is 2. The summed E-state index contributed by atoms with van der Waals surface area (Å²) in [5, 5.41) is 7.72. The average Bonchev–Trinajstić information content (AvgIpc) is 2.66. The largest absolute Gasteiger partial charge is 0.378 e. The smallest absolute Gasteiger partial charge is 0.151 e. The molecule has 0 aliphatic rings. The number of rotatable bonds is 4. The van der Waals surface area contributed by atoms with Crippen LogP contribution in [0.15, 0.2) is 30.5 Å². The van der Waals surface area contributed by atoms with Crippen LogP contribution in [0, 0.1) is 6.92 Å². The fraction of sp³-hybridized carbons (Fsp3) is 0.357. The van der Waals surface area contributed by atoms with Gasteiger partial charge in [0.25, 0.3) is 0 Å². The monoisotopic (exact) mass is 244 g/mol. The summed E-state index contributed by atoms with van der Waals surface area (Å²) in [6, 6.07) is 8.53. The van der Waals surface area contributed by atoms with Gasteiger partial charge in [-0.1, -0.05) is 12.1 Å². The summed E-state index contributed by atoms with van der Waals surface area (Å²) < 4.78 is 1.83. The van der Waals surface area contributed by atoms with Gasteiger partial charge in [-0.2, -0.15) is 5.10 Å². The number of aryl methyl sites for hydroxylation is 2. The third-order valence-electron chi connectivity index (χ3n) is 2.92. The Morgan fingerprint density at radius 3 is 2.39 bits per heavy atom. The van der Waals surface area contributed by atoms with Gasteiger partial charge in [-0.05, 0) is 24.6 Å². The summed E-state index contributed by atoms with van der Waals surface area (Å²) in [6.07, 6.45) is 2.01. The van der Waals surface area contributed by atoms with E-state index in [1.807, 2.05) is 32.0 Å². The highest BCUT2D eigenvalue weighted by Crippen LogP contribution is 2.15. The first-order chi connectivity index (χ1) is 8.56. The number of hydrogen-bond donors (Lipinski definition) is 1. The van der Waals surface area contributed by atoms with E-state index < -0.39 is 0 Å². The average molecular weight is 244 g/mol. The van der Waals surface area contributed by atoms with Crippen molar-refractivity contribution in [1.29, 1.82) is 0 Å². The minimum atomic E-state index is 0.797. The molecule has 0 unspecified atom stereocenters. The molecular weight excluding hydrogens is 224 g/mol. The Morgan fingerprint density at radius 1 is 1.22 bits per heavy atom. The minimum absolute atomic E-state index is 0.797. The fourth-order valence-corrected chi connectivity index (χ4v) is 1.88. The fourth-order valence-electron chi connectivity index (χ4n) is 1.88. The molecule has 0 aliphatic heterocycles. The van der Waals surface area contributed by atoms with Crippen LogP contribution >= 0.6 is 0 Å². The van der Waals surface area contributed by atoms with E-state index in [9.17, 15) is 0 Å². The second kappa shape index (κ2) is 5.12. The van der Waals surface area contributed by atoms with E-state index in [-0.39, 0.29) is 0 Å². The van der Waals surface area contributed by atoms with Gasteiger partial charge in [0.15, 0.2) is 5.82 Å². The number of nitrogens with one attached hydrogen (secondary N) is 1. The number of aromatic nitrogens is 2. The van der Waals surface area contributed by atoms with Crippen molar-refractivity contribution >= 4 is 11.5 Å². The molecule has 0 atom stereocenters. The van der Waals surface area contributed by atoms with Crippen molar-refractivity contribution in [3.63, 3.8) is 0 Å². The zero-order valence-corrected chi connectivity index (χ0v) is 11.4. The van der Waals surface area contributed by atoms with Crippen molar-refractivity contribution in [2.45, 2.75) is 13.5 Å². The van der Waals surface area contributed by atoms with Crippen LogP contribution in [0.25, 0.3) is 0 Å². The quantitative estimate of drug-likeness (QED) is 0.896. The van der Waals surface area contributed by atoms with Gasteiger partial charge in [-0.15, -0.1) is 0 Å². The Kier molecular flexibility index (Phi) is 3.55. The molecule has 2 aromatic rings. The number of hydrogen-bond acceptors (Lipinski definition) is 3. The Balaban J connectivity index is 2.00. The van der Waals surface area contributed by atoms with Crippen LogP contribution in [0.2, 0.25) is 0 Å². The van der Waals surface area contributed by atoms with Crippen LogP contribution < -0.4 is 10.2 Å². The maximum Gasteiger partial charge on any atom is 0.151 e. The lowest BCUT2D eigenvalue weighted by atomic mass is 10.2. The Labute approximate surface area is 108 Å². The first kappa shape index (κ1) is 12.5. The lowest BCUT2D eigenvalue weighted by Crippen LogP contribution is -2.08. The van der Waals surface area contributed by atoms with Crippen LogP contribution in [0.4, 0.5) is 11.5 Å². The van der Waals surface area contributed by atoms with Gasteiger partial charge in [0.1, 0.15) is 0 Å². The third-order valence-corrected chi connectivity index (χ3v) is 2.92. The third kappa shape index (κ3) is 2.83. The van der Waals surface area contributed by atoms with Crippen molar-refractivity contribution in [2.24, 2.45) is 7.05 Å². The van der Waals surface area contributed by atoms with E-state index in [1.54, 1.807) is 0 Å². The van der Waals surface area contributed by atoms with E-state index >= 15 is 0 Å². The summed E-state index contributed by atoms with van der Waals surface area (Å²) in [5.41, 5.74) is 3.64. The maximum absolute atomic E-state index is 4.37. The van der Waals surface area contributed by atoms with Crippen LogP contribution in [0.1, 0.15) is 11.1 Å². The van der Waals surface area contributed by atoms with E-state index in [2.05, 4.69) is 46.5 Å². The second-order valence-corrected chi connectivity index (χ2v) is 4.75. The minimum Gasteiger partial charge on any atom is -0.378 e. The SMILES string of the molecule is Cc1cn(C)nc1NCc1ccc(N(C)C)cc1. The Bertz CT molecular complexity index is 511. The predicted octanol–water partition coefficient (Wildman–Crippen LogP) is 2.41. The van der Waals surface area contributed by atoms with Crippen LogP contribution in [0.5, 0.6) is 0 Å². The van der Waals surface area contributed by atoms with Crippen molar-refractivity contribution in [1.82, 2.24) is 9.78 Å². The predicted molar refractivity (Wildman–Crippen MR) is 76.0 cm³/mol. The number of benzene rings is 1. The molecule has 0 amide bonds. The summed E-state index contributed by atoms with van der Waals surface area (Å²) in [4.78, 5) is 2.10. The van der Waals surface area contributed by atoms with E-state index in [0.717, 1.165) is 12.4 Å². The molecule has 0 radical (unpaired) electrons. The summed E-state index contributed by atoms with van der Waals surface area (Å²) >= 11 is 0. The van der Waals surface area contributed by atoms with E-state index in [4.69, 9.17) is 0 Å². The molecule has 18 heavy (non-hydrogen) atoms. The van der Waals surface area contributed by atoms with Gasteiger partial charge < -0.3 is 10.2 Å². The van der Waals surface area contributed by atoms with Gasteiger partial charge in [0.2, 0.25) is 0 Å². The van der Waals surface area contributed by atoms with E-state index in [1.165, 1.54) is 16.8 Å². The Hall–Kier alpha value is -1.97. The van der Waals surface area contributed by atoms with Crippen LogP contribution in [-0.4, -0.2) is 23.9 Å². The van der Waals surface area contributed by atoms with Crippen molar-refractivity contribution in [3.8, 4) is 0 Å². The van der Waals surface area contributed by atoms with Gasteiger partial charge in [-0.3, -0.25) is 4.68 Å². The zero-order chi connectivity index (χ0) is 13.1. The molecule has 0 saturated carbocycles. The molecule has 0 aliphatic carbocycles. The second-order valence-electron chi connectivity index (χ2n) is 4.75. The number of nitrogens with zero attached hydrogens (tertiary/aromatic N) is 3. The molecule has 0 fully saturated rings. The van der Waals surface area contributed by atoms with Crippen molar-refractivity contribution in [2.75, 3.05) is 24.3 Å². The van der Waals surface area contributed by atoms with Gasteiger partial charge in [0.05, 0.1) is 0 Å². The summed E-state index contributed by atoms with van der Waals surface area (Å²) in [7, 11) is 6.03. The van der Waals surface area contributed by atoms with Gasteiger partial charge >= 0.3 is 0 Å². The molecule has 4 nitrogen and oxygen atoms in total. The summed E-state index contributed by atoms with van der Waals surface area (Å²) in [6.45, 7) is 2.86. The molecule has 0 saturated heterocycles. The molecular formula is C14H20N4. The molecule has 4 heteroatoms. The highest BCUT2D eigenvalue weighted by atomic mass is 15.3. The zero-order valence-electron chi connectivity index (χ0n) is 11.4. The Morgan fingerprint density at radius 2 is 1.89 bits per heavy atom. The van der Waals surface area contributed by atoms with Crippen molar-refractivity contribution < 1.29 is 0 Å². The van der Waals surface area contributed by atoms with Gasteiger partial charge in [0, 0.05) is 45.1 Å². The van der Waals surface area contributed by atoms with E-state index in [0.29, 0.717) is 0 Å². The molecule has 96 valence electrons. The van der Waals surface area contributed by atoms with Crippen LogP contribution in [-0.2, 0) is 13.6 Å². The maximum atomic E-state index is 4.37. The topological polar surface area (TPSA) is 33.1 Å². The van der Waals surface area contributed by atoms with Crippen molar-refractivity contribution in [3.05, 3.63) is 41.6 Å². The molecule has 0 bridgehead atoms. The highest BCUT2D eigenvalue weighted by Gasteiger charge is 2.02. The standard InChI is InChI=1S/C14H20N4/c1-11-10-18(4)16-14(11)15-9-12-5-7-13(8-6-12)17(2)3/h5-8,10H,9H2,1-4H3,(H,15,16). The molecule has 1 N–H and O–H groups in total. The lowest BCUT2D eigenvalue weighted by molar-refractivity contribution is 0.768. The molecule has 0 spiro atoms.